The number of aryl methyl sites for hydroxylation is 1. The Hall–Kier alpha value is -2.10. The van der Waals surface area contributed by atoms with Crippen LogP contribution in [0.5, 0.6) is 5.88 Å². The Morgan fingerprint density at radius 2 is 2.00 bits per heavy atom. The van der Waals surface area contributed by atoms with Crippen LogP contribution in [0.4, 0.5) is 8.78 Å². The van der Waals surface area contributed by atoms with Gasteiger partial charge in [-0.25, -0.2) is 13.8 Å². The van der Waals surface area contributed by atoms with E-state index in [1.165, 1.54) is 21.9 Å². The summed E-state index contributed by atoms with van der Waals surface area (Å²) >= 11 is 1.29. The van der Waals surface area contributed by atoms with Crippen molar-refractivity contribution in [2.24, 2.45) is 0 Å². The Morgan fingerprint density at radius 1 is 1.26 bits per heavy atom. The van der Waals surface area contributed by atoms with Crippen LogP contribution >= 0.6 is 11.3 Å². The normalized spacial score (nSPS) is 17.6. The van der Waals surface area contributed by atoms with Gasteiger partial charge in [0.05, 0.1) is 17.0 Å². The summed E-state index contributed by atoms with van der Waals surface area (Å²) in [5.41, 5.74) is 0.542. The Bertz CT molecular complexity index is 966. The predicted molar refractivity (Wildman–Crippen MR) is 96.9 cm³/mol. The fourth-order valence-corrected chi connectivity index (χ4v) is 4.61. The molecular weight excluding hydrogens is 374 g/mol. The SMILES string of the molecule is CCc1nc2sc([C@@H](c3ccc(F)c(F)c3)N3CCC(O)CC3)c(O)n2n1. The number of likely N-dealkylation sites (tertiary alicyclic amines) is 1. The van der Waals surface area contributed by atoms with Crippen molar-refractivity contribution in [2.75, 3.05) is 13.1 Å². The van der Waals surface area contributed by atoms with Gasteiger partial charge in [-0.05, 0) is 30.5 Å². The molecule has 1 aliphatic rings. The van der Waals surface area contributed by atoms with Crippen LogP contribution in [-0.4, -0.2) is 48.9 Å². The zero-order valence-electron chi connectivity index (χ0n) is 14.8. The first-order valence-corrected chi connectivity index (χ1v) is 9.74. The van der Waals surface area contributed by atoms with Crippen molar-refractivity contribution in [2.45, 2.75) is 38.3 Å². The van der Waals surface area contributed by atoms with Gasteiger partial charge >= 0.3 is 0 Å². The summed E-state index contributed by atoms with van der Waals surface area (Å²) in [7, 11) is 0. The molecule has 0 radical (unpaired) electrons. The molecule has 0 unspecified atom stereocenters. The highest BCUT2D eigenvalue weighted by molar-refractivity contribution is 7.17. The standard InChI is InChI=1S/C18H20F2N4O2S/c1-2-14-21-18-24(22-14)17(26)16(27-18)15(23-7-5-11(25)6-8-23)10-3-4-12(19)13(20)9-10/h3-4,9,11,15,25-26H,2,5-8H2,1H3/t15-/m1/s1. The number of aromatic nitrogens is 3. The maximum atomic E-state index is 13.9. The van der Waals surface area contributed by atoms with Crippen molar-refractivity contribution in [3.8, 4) is 5.88 Å². The summed E-state index contributed by atoms with van der Waals surface area (Å²) in [5.74, 6) is -1.25. The molecule has 3 aromatic rings. The van der Waals surface area contributed by atoms with E-state index in [9.17, 15) is 19.0 Å². The van der Waals surface area contributed by atoms with Crippen molar-refractivity contribution in [1.82, 2.24) is 19.5 Å². The lowest BCUT2D eigenvalue weighted by Gasteiger charge is -2.36. The minimum Gasteiger partial charge on any atom is -0.492 e. The molecule has 0 saturated carbocycles. The molecule has 1 fully saturated rings. The van der Waals surface area contributed by atoms with E-state index in [1.54, 1.807) is 0 Å². The largest absolute Gasteiger partial charge is 0.492 e. The summed E-state index contributed by atoms with van der Waals surface area (Å²) in [6, 6.07) is 3.32. The number of fused-ring (bicyclic) bond motifs is 1. The quantitative estimate of drug-likeness (QED) is 0.712. The summed E-state index contributed by atoms with van der Waals surface area (Å²) in [4.78, 5) is 7.59. The summed E-state index contributed by atoms with van der Waals surface area (Å²) in [5, 5.41) is 24.9. The average Bonchev–Trinajstić information content (AvgIpc) is 3.19. The highest BCUT2D eigenvalue weighted by Gasteiger charge is 2.32. The molecule has 9 heteroatoms. The van der Waals surface area contributed by atoms with Gasteiger partial charge in [-0.1, -0.05) is 24.3 Å². The number of piperidine rings is 1. The molecule has 2 aromatic heterocycles. The number of aromatic hydroxyl groups is 1. The smallest absolute Gasteiger partial charge is 0.230 e. The van der Waals surface area contributed by atoms with Crippen molar-refractivity contribution in [3.05, 3.63) is 46.1 Å². The molecule has 1 aliphatic heterocycles. The highest BCUT2D eigenvalue weighted by atomic mass is 32.1. The van der Waals surface area contributed by atoms with Crippen LogP contribution in [0.2, 0.25) is 0 Å². The third kappa shape index (κ3) is 3.30. The van der Waals surface area contributed by atoms with Gasteiger partial charge < -0.3 is 10.2 Å². The zero-order valence-corrected chi connectivity index (χ0v) is 15.6. The van der Waals surface area contributed by atoms with Gasteiger partial charge in [0.2, 0.25) is 10.8 Å². The number of hydrogen-bond acceptors (Lipinski definition) is 6. The lowest BCUT2D eigenvalue weighted by Crippen LogP contribution is -2.38. The Labute approximate surface area is 158 Å². The molecule has 6 nitrogen and oxygen atoms in total. The summed E-state index contributed by atoms with van der Waals surface area (Å²) < 4.78 is 28.7. The first-order chi connectivity index (χ1) is 13.0. The number of benzene rings is 1. The van der Waals surface area contributed by atoms with Crippen LogP contribution in [0.25, 0.3) is 4.96 Å². The summed E-state index contributed by atoms with van der Waals surface area (Å²) in [6.07, 6.45) is 1.46. The van der Waals surface area contributed by atoms with E-state index in [-0.39, 0.29) is 12.0 Å². The molecule has 0 bridgehead atoms. The van der Waals surface area contributed by atoms with Crippen LogP contribution in [0.1, 0.15) is 42.1 Å². The maximum Gasteiger partial charge on any atom is 0.230 e. The highest BCUT2D eigenvalue weighted by Crippen LogP contribution is 2.41. The number of thiazole rings is 1. The molecule has 1 saturated heterocycles. The molecule has 2 N–H and O–H groups in total. The van der Waals surface area contributed by atoms with Crippen molar-refractivity contribution >= 4 is 16.3 Å². The molecule has 0 aliphatic carbocycles. The van der Waals surface area contributed by atoms with Gasteiger partial charge in [0, 0.05) is 19.5 Å². The van der Waals surface area contributed by atoms with Crippen molar-refractivity contribution in [1.29, 1.82) is 0 Å². The predicted octanol–water partition coefficient (Wildman–Crippen LogP) is 2.88. The molecule has 1 atom stereocenters. The van der Waals surface area contributed by atoms with Crippen molar-refractivity contribution in [3.63, 3.8) is 0 Å². The minimum atomic E-state index is -0.929. The number of aliphatic hydroxyl groups excluding tert-OH is 1. The Morgan fingerprint density at radius 3 is 2.63 bits per heavy atom. The number of hydrogen-bond donors (Lipinski definition) is 2. The topological polar surface area (TPSA) is 73.9 Å². The second-order valence-corrected chi connectivity index (χ2v) is 7.72. The Kier molecular flexibility index (Phi) is 4.83. The maximum absolute atomic E-state index is 13.9. The van der Waals surface area contributed by atoms with E-state index in [2.05, 4.69) is 15.0 Å². The van der Waals surface area contributed by atoms with E-state index in [0.717, 1.165) is 12.1 Å². The Balaban J connectivity index is 1.80. The van der Waals surface area contributed by atoms with Gasteiger partial charge in [0.15, 0.2) is 17.5 Å². The van der Waals surface area contributed by atoms with Crippen LogP contribution in [0, 0.1) is 11.6 Å². The van der Waals surface area contributed by atoms with Crippen molar-refractivity contribution < 1.29 is 19.0 Å². The zero-order chi connectivity index (χ0) is 19.1. The molecule has 27 heavy (non-hydrogen) atoms. The van der Waals surface area contributed by atoms with E-state index in [4.69, 9.17) is 0 Å². The average molecular weight is 394 g/mol. The van der Waals surface area contributed by atoms with Crippen LogP contribution < -0.4 is 0 Å². The molecule has 0 amide bonds. The van der Waals surface area contributed by atoms with Gasteiger partial charge in [-0.2, -0.15) is 4.52 Å². The van der Waals surface area contributed by atoms with Gasteiger partial charge in [0.25, 0.3) is 0 Å². The van der Waals surface area contributed by atoms with E-state index >= 15 is 0 Å². The van der Waals surface area contributed by atoms with Crippen LogP contribution in [0.15, 0.2) is 18.2 Å². The first-order valence-electron chi connectivity index (χ1n) is 8.92. The lowest BCUT2D eigenvalue weighted by atomic mass is 9.99. The third-order valence-corrected chi connectivity index (χ3v) is 6.00. The molecule has 4 rings (SSSR count). The van der Waals surface area contributed by atoms with Gasteiger partial charge in [0.1, 0.15) is 0 Å². The van der Waals surface area contributed by atoms with E-state index < -0.39 is 17.7 Å². The number of aliphatic hydroxyl groups is 1. The monoisotopic (exact) mass is 394 g/mol. The fraction of sp³-hybridized carbons (Fsp3) is 0.444. The van der Waals surface area contributed by atoms with Crippen LogP contribution in [-0.2, 0) is 6.42 Å². The first kappa shape index (κ1) is 18.3. The second-order valence-electron chi connectivity index (χ2n) is 6.71. The molecule has 1 aromatic carbocycles. The van der Waals surface area contributed by atoms with Gasteiger partial charge in [-0.15, -0.1) is 5.10 Å². The fourth-order valence-electron chi connectivity index (χ4n) is 3.47. The summed E-state index contributed by atoms with van der Waals surface area (Å²) in [6.45, 7) is 3.09. The minimum absolute atomic E-state index is 0.0388. The number of nitrogens with zero attached hydrogens (tertiary/aromatic N) is 4. The third-order valence-electron chi connectivity index (χ3n) is 4.93. The molecular formula is C18H20F2N4O2S. The lowest BCUT2D eigenvalue weighted by molar-refractivity contribution is 0.0688. The second kappa shape index (κ2) is 7.14. The van der Waals surface area contributed by atoms with Crippen LogP contribution in [0.3, 0.4) is 0 Å². The molecule has 3 heterocycles. The number of rotatable bonds is 4. The van der Waals surface area contributed by atoms with E-state index in [0.29, 0.717) is 53.6 Å². The molecule has 0 spiro atoms. The number of halogens is 2. The van der Waals surface area contributed by atoms with E-state index in [1.807, 2.05) is 6.92 Å². The molecule has 144 valence electrons. The van der Waals surface area contributed by atoms with Gasteiger partial charge in [-0.3, -0.25) is 4.90 Å².